The summed E-state index contributed by atoms with van der Waals surface area (Å²) < 4.78 is 0. The van der Waals surface area contributed by atoms with Gasteiger partial charge in [0.2, 0.25) is 0 Å². The van der Waals surface area contributed by atoms with Gasteiger partial charge in [-0.25, -0.2) is 0 Å². The molecule has 0 aliphatic rings. The number of carbonyl (C=O) groups is 1. The largest absolute Gasteiger partial charge is 0.398 e. The Balaban J connectivity index is 2.27. The minimum atomic E-state index is -0.0450. The zero-order valence-electron chi connectivity index (χ0n) is 12.8. The minimum Gasteiger partial charge on any atom is -0.398 e. The normalized spacial score (nSPS) is 10.4. The molecule has 0 bridgehead atoms. The third-order valence-corrected chi connectivity index (χ3v) is 3.49. The van der Waals surface area contributed by atoms with E-state index in [1.807, 2.05) is 51.1 Å². The highest BCUT2D eigenvalue weighted by molar-refractivity contribution is 6.00. The van der Waals surface area contributed by atoms with E-state index in [1.54, 1.807) is 11.0 Å². The number of anilines is 1. The first-order chi connectivity index (χ1) is 10.0. The highest BCUT2D eigenvalue weighted by Gasteiger charge is 2.19. The van der Waals surface area contributed by atoms with Crippen molar-refractivity contribution < 1.29 is 4.79 Å². The second kappa shape index (κ2) is 6.39. The van der Waals surface area contributed by atoms with E-state index < -0.39 is 0 Å². The summed E-state index contributed by atoms with van der Waals surface area (Å²) >= 11 is 0. The van der Waals surface area contributed by atoms with Crippen LogP contribution in [0.15, 0.2) is 36.4 Å². The summed E-state index contributed by atoms with van der Waals surface area (Å²) in [6.07, 6.45) is 0. The summed E-state index contributed by atoms with van der Waals surface area (Å²) in [6, 6.07) is 11.4. The van der Waals surface area contributed by atoms with Crippen molar-refractivity contribution in [2.45, 2.75) is 27.3 Å². The number of hydrogen-bond acceptors (Lipinski definition) is 3. The Morgan fingerprint density at radius 1 is 1.19 bits per heavy atom. The molecule has 2 N–H and O–H groups in total. The lowest BCUT2D eigenvalue weighted by atomic mass is 10.1. The summed E-state index contributed by atoms with van der Waals surface area (Å²) in [5.74, 6) is -0.0450. The van der Waals surface area contributed by atoms with Crippen molar-refractivity contribution in [1.29, 1.82) is 0 Å². The Bertz CT molecular complexity index is 632. The van der Waals surface area contributed by atoms with Crippen LogP contribution in [0.2, 0.25) is 0 Å². The summed E-state index contributed by atoms with van der Waals surface area (Å²) in [5, 5.41) is 0. The lowest BCUT2D eigenvalue weighted by Crippen LogP contribution is -2.31. The monoisotopic (exact) mass is 283 g/mol. The maximum Gasteiger partial charge on any atom is 0.256 e. The van der Waals surface area contributed by atoms with Gasteiger partial charge in [-0.1, -0.05) is 18.2 Å². The lowest BCUT2D eigenvalue weighted by molar-refractivity contribution is 0.0751. The Labute approximate surface area is 125 Å². The number of nitrogens with two attached hydrogens (primary N) is 1. The summed E-state index contributed by atoms with van der Waals surface area (Å²) in [5.41, 5.74) is 9.82. The first kappa shape index (κ1) is 15.0. The number of aromatic nitrogens is 1. The van der Waals surface area contributed by atoms with Crippen LogP contribution in [-0.4, -0.2) is 22.3 Å². The van der Waals surface area contributed by atoms with Crippen molar-refractivity contribution in [3.05, 3.63) is 58.9 Å². The Morgan fingerprint density at radius 3 is 2.52 bits per heavy atom. The van der Waals surface area contributed by atoms with Crippen molar-refractivity contribution >= 4 is 11.6 Å². The van der Waals surface area contributed by atoms with Gasteiger partial charge < -0.3 is 10.6 Å². The predicted octanol–water partition coefficient (Wildman–Crippen LogP) is 2.94. The van der Waals surface area contributed by atoms with Crippen molar-refractivity contribution in [2.75, 3.05) is 12.3 Å². The first-order valence-electron chi connectivity index (χ1n) is 7.09. The van der Waals surface area contributed by atoms with E-state index in [1.165, 1.54) is 0 Å². The number of nitrogens with zero attached hydrogens (tertiary/aromatic N) is 2. The van der Waals surface area contributed by atoms with Gasteiger partial charge in [0.05, 0.1) is 17.8 Å². The Morgan fingerprint density at radius 2 is 1.90 bits per heavy atom. The van der Waals surface area contributed by atoms with Crippen LogP contribution in [0.4, 0.5) is 5.69 Å². The number of aryl methyl sites for hydroxylation is 2. The van der Waals surface area contributed by atoms with E-state index in [0.717, 1.165) is 17.0 Å². The quantitative estimate of drug-likeness (QED) is 0.878. The number of nitrogen functional groups attached to an aromatic ring is 1. The van der Waals surface area contributed by atoms with Gasteiger partial charge in [0.25, 0.3) is 5.91 Å². The Hall–Kier alpha value is -2.36. The minimum absolute atomic E-state index is 0.0450. The van der Waals surface area contributed by atoms with E-state index in [4.69, 9.17) is 5.73 Å². The SMILES string of the molecule is CCN(Cc1cccc(C)n1)C(=O)c1c(C)cccc1N. The molecule has 2 aromatic rings. The maximum absolute atomic E-state index is 12.7. The van der Waals surface area contributed by atoms with Crippen LogP contribution in [-0.2, 0) is 6.54 Å². The number of amides is 1. The van der Waals surface area contributed by atoms with Gasteiger partial charge in [-0.2, -0.15) is 0 Å². The fourth-order valence-corrected chi connectivity index (χ4v) is 2.35. The lowest BCUT2D eigenvalue weighted by Gasteiger charge is -2.22. The molecule has 1 aromatic heterocycles. The number of carbonyl (C=O) groups excluding carboxylic acids is 1. The summed E-state index contributed by atoms with van der Waals surface area (Å²) in [6.45, 7) is 6.92. The molecule has 0 aliphatic heterocycles. The smallest absolute Gasteiger partial charge is 0.256 e. The first-order valence-corrected chi connectivity index (χ1v) is 7.09. The molecular formula is C17H21N3O. The van der Waals surface area contributed by atoms with Gasteiger partial charge in [0.1, 0.15) is 0 Å². The number of pyridine rings is 1. The second-order valence-corrected chi connectivity index (χ2v) is 5.13. The molecule has 21 heavy (non-hydrogen) atoms. The number of hydrogen-bond donors (Lipinski definition) is 1. The van der Waals surface area contributed by atoms with Crippen LogP contribution in [0.3, 0.4) is 0 Å². The highest BCUT2D eigenvalue weighted by Crippen LogP contribution is 2.19. The van der Waals surface area contributed by atoms with Crippen molar-refractivity contribution in [2.24, 2.45) is 0 Å². The second-order valence-electron chi connectivity index (χ2n) is 5.13. The van der Waals surface area contributed by atoms with E-state index >= 15 is 0 Å². The zero-order chi connectivity index (χ0) is 15.4. The molecule has 0 radical (unpaired) electrons. The molecule has 0 spiro atoms. The molecule has 4 nitrogen and oxygen atoms in total. The van der Waals surface area contributed by atoms with Crippen LogP contribution in [0.25, 0.3) is 0 Å². The summed E-state index contributed by atoms with van der Waals surface area (Å²) in [7, 11) is 0. The molecule has 1 heterocycles. The molecule has 0 saturated carbocycles. The summed E-state index contributed by atoms with van der Waals surface area (Å²) in [4.78, 5) is 18.9. The van der Waals surface area contributed by atoms with Gasteiger partial charge in [-0.05, 0) is 44.5 Å². The van der Waals surface area contributed by atoms with E-state index in [2.05, 4.69) is 4.98 Å². The fourth-order valence-electron chi connectivity index (χ4n) is 2.35. The third-order valence-electron chi connectivity index (χ3n) is 3.49. The van der Waals surface area contributed by atoms with Gasteiger partial charge in [-0.3, -0.25) is 9.78 Å². The molecule has 0 atom stereocenters. The average molecular weight is 283 g/mol. The Kier molecular flexibility index (Phi) is 4.58. The molecular weight excluding hydrogens is 262 g/mol. The molecule has 110 valence electrons. The number of rotatable bonds is 4. The van der Waals surface area contributed by atoms with Gasteiger partial charge in [0, 0.05) is 17.9 Å². The van der Waals surface area contributed by atoms with Crippen LogP contribution in [0.1, 0.15) is 34.2 Å². The van der Waals surface area contributed by atoms with Crippen LogP contribution in [0.5, 0.6) is 0 Å². The van der Waals surface area contributed by atoms with Crippen molar-refractivity contribution in [3.63, 3.8) is 0 Å². The molecule has 0 unspecified atom stereocenters. The van der Waals surface area contributed by atoms with Gasteiger partial charge in [-0.15, -0.1) is 0 Å². The predicted molar refractivity (Wildman–Crippen MR) is 85.0 cm³/mol. The molecule has 1 aromatic carbocycles. The van der Waals surface area contributed by atoms with E-state index in [9.17, 15) is 4.79 Å². The van der Waals surface area contributed by atoms with E-state index in [-0.39, 0.29) is 5.91 Å². The van der Waals surface area contributed by atoms with Crippen LogP contribution >= 0.6 is 0 Å². The van der Waals surface area contributed by atoms with Crippen molar-refractivity contribution in [3.8, 4) is 0 Å². The fraction of sp³-hybridized carbons (Fsp3) is 0.294. The topological polar surface area (TPSA) is 59.2 Å². The highest BCUT2D eigenvalue weighted by atomic mass is 16.2. The molecule has 0 fully saturated rings. The van der Waals surface area contributed by atoms with Gasteiger partial charge >= 0.3 is 0 Å². The van der Waals surface area contributed by atoms with Crippen LogP contribution in [0, 0.1) is 13.8 Å². The maximum atomic E-state index is 12.7. The van der Waals surface area contributed by atoms with E-state index in [0.29, 0.717) is 24.3 Å². The zero-order valence-corrected chi connectivity index (χ0v) is 12.8. The number of benzene rings is 1. The molecule has 2 rings (SSSR count). The molecule has 4 heteroatoms. The molecule has 0 aliphatic carbocycles. The third kappa shape index (κ3) is 3.40. The van der Waals surface area contributed by atoms with Gasteiger partial charge in [0.15, 0.2) is 0 Å². The standard InChI is InChI=1S/C17H21N3O/c1-4-20(11-14-9-6-8-13(3)19-14)17(21)16-12(2)7-5-10-15(16)18/h5-10H,4,11,18H2,1-3H3. The van der Waals surface area contributed by atoms with Crippen LogP contribution < -0.4 is 5.73 Å². The molecule has 0 saturated heterocycles. The van der Waals surface area contributed by atoms with Crippen molar-refractivity contribution in [1.82, 2.24) is 9.88 Å². The average Bonchev–Trinajstić information content (AvgIpc) is 2.44. The molecule has 1 amide bonds.